The van der Waals surface area contributed by atoms with Gasteiger partial charge < -0.3 is 40.8 Å². The molecule has 0 heterocycles. The van der Waals surface area contributed by atoms with Gasteiger partial charge in [0.05, 0.1) is 39.6 Å². The van der Waals surface area contributed by atoms with Gasteiger partial charge in [0.1, 0.15) is 17.1 Å². The third kappa shape index (κ3) is 31.3. The van der Waals surface area contributed by atoms with Gasteiger partial charge in [0.25, 0.3) is 11.8 Å². The molecule has 0 atom stereocenters. The number of hydrogen-bond donors (Lipinski definition) is 5. The Hall–Kier alpha value is -6.10. The minimum Gasteiger partial charge on any atom is -0.378 e. The summed E-state index contributed by atoms with van der Waals surface area (Å²) in [6.45, 7) is 11.1. The van der Waals surface area contributed by atoms with Gasteiger partial charge in [-0.15, -0.1) is 0 Å². The molecule has 0 aliphatic heterocycles. The molecule has 436 valence electrons. The van der Waals surface area contributed by atoms with Crippen molar-refractivity contribution in [1.82, 2.24) is 26.6 Å². The summed E-state index contributed by atoms with van der Waals surface area (Å²) in [5.41, 5.74) is 3.80. The van der Waals surface area contributed by atoms with Crippen LogP contribution in [0.1, 0.15) is 190 Å². The van der Waals surface area contributed by atoms with Gasteiger partial charge in [0.2, 0.25) is 17.7 Å². The first-order valence-electron chi connectivity index (χ1n) is 29.0. The summed E-state index contributed by atoms with van der Waals surface area (Å²) < 4.78 is 18.4. The normalized spacial score (nSPS) is 11.3. The number of rotatable bonds is 45. The van der Waals surface area contributed by atoms with Crippen LogP contribution >= 0.6 is 0 Å². The number of hydrogen-bond acceptors (Lipinski definition) is 11. The first-order chi connectivity index (χ1) is 38.1. The van der Waals surface area contributed by atoms with Gasteiger partial charge in [-0.05, 0) is 83.6 Å². The van der Waals surface area contributed by atoms with Crippen LogP contribution < -0.4 is 26.6 Å². The van der Waals surface area contributed by atoms with E-state index in [1.807, 2.05) is 83.1 Å². The van der Waals surface area contributed by atoms with Crippen LogP contribution in [0.25, 0.3) is 0 Å². The summed E-state index contributed by atoms with van der Waals surface area (Å²) in [6, 6.07) is 22.1. The highest BCUT2D eigenvalue weighted by Crippen LogP contribution is 2.16. The van der Waals surface area contributed by atoms with Crippen molar-refractivity contribution < 1.29 is 52.6 Å². The lowest BCUT2D eigenvalue weighted by atomic mass is 10.0. The molecule has 79 heavy (non-hydrogen) atoms. The van der Waals surface area contributed by atoms with Gasteiger partial charge in [0, 0.05) is 93.7 Å². The van der Waals surface area contributed by atoms with Crippen LogP contribution in [-0.2, 0) is 38.2 Å². The molecule has 5 amide bonds. The van der Waals surface area contributed by atoms with E-state index in [2.05, 4.69) is 26.6 Å². The van der Waals surface area contributed by atoms with E-state index in [1.54, 1.807) is 24.3 Å². The van der Waals surface area contributed by atoms with Crippen molar-refractivity contribution in [3.8, 4) is 0 Å². The summed E-state index contributed by atoms with van der Waals surface area (Å²) in [4.78, 5) is 102. The van der Waals surface area contributed by atoms with Crippen LogP contribution in [0.4, 0.5) is 0 Å². The highest BCUT2D eigenvalue weighted by atomic mass is 16.5. The molecule has 16 nitrogen and oxygen atoms in total. The van der Waals surface area contributed by atoms with E-state index in [0.29, 0.717) is 100 Å². The van der Waals surface area contributed by atoms with E-state index in [4.69, 9.17) is 14.2 Å². The first-order valence-corrected chi connectivity index (χ1v) is 29.0. The number of aryl methyl sites for hydroxylation is 3. The van der Waals surface area contributed by atoms with Crippen LogP contribution in [0.15, 0.2) is 72.8 Å². The number of benzene rings is 3. The van der Waals surface area contributed by atoms with Gasteiger partial charge in [-0.1, -0.05) is 124 Å². The molecule has 0 radical (unpaired) electrons. The molecule has 0 saturated heterocycles. The monoisotopic (exact) mass is 1100 g/mol. The standard InChI is InChI=1S/C63H93N5O11/c1-48(2)56(70)20-14-10-8-6-7-9-11-16-22-60(74)68-63(45-77-42-35-55(69)19-13-12-15-21-57(71)52-29-23-49(3)24-30-52,46-78-43-36-58(72)64-38-17-40-66-61(75)53-31-25-50(4)26-32-53)47-79-44-37-59(73)65-39-18-41-67-62(76)54-33-27-51(5)28-34-54/h23-34,48H,6-22,35-47H2,1-5H3,(H,64,72)(H,65,73)(H,66,75)(H,67,76)(H,68,74). The molecule has 3 rings (SSSR count). The van der Waals surface area contributed by atoms with Gasteiger partial charge in [-0.3, -0.25) is 38.4 Å². The first kappa shape index (κ1) is 67.2. The summed E-state index contributed by atoms with van der Waals surface area (Å²) in [7, 11) is 0. The third-order valence-corrected chi connectivity index (χ3v) is 13.5. The number of ketones is 3. The second-order valence-corrected chi connectivity index (χ2v) is 21.2. The van der Waals surface area contributed by atoms with Crippen molar-refractivity contribution in [2.45, 2.75) is 169 Å². The fourth-order valence-electron chi connectivity index (χ4n) is 8.46. The van der Waals surface area contributed by atoms with Crippen LogP contribution in [0.5, 0.6) is 0 Å². The van der Waals surface area contributed by atoms with E-state index < -0.39 is 5.54 Å². The van der Waals surface area contributed by atoms with E-state index in [1.165, 1.54) is 0 Å². The summed E-state index contributed by atoms with van der Waals surface area (Å²) in [6.07, 6.45) is 12.6. The van der Waals surface area contributed by atoms with Crippen LogP contribution in [0.3, 0.4) is 0 Å². The van der Waals surface area contributed by atoms with Crippen LogP contribution in [0, 0.1) is 26.7 Å². The lowest BCUT2D eigenvalue weighted by Crippen LogP contribution is -2.58. The minimum absolute atomic E-state index is 0.0185. The zero-order chi connectivity index (χ0) is 57.5. The molecule has 0 fully saturated rings. The molecular formula is C63H93N5O11. The Morgan fingerprint density at radius 1 is 0.392 bits per heavy atom. The minimum atomic E-state index is -1.24. The molecule has 0 aliphatic carbocycles. The molecule has 5 N–H and O–H groups in total. The Kier molecular flexibility index (Phi) is 34.1. The highest BCUT2D eigenvalue weighted by molar-refractivity contribution is 5.96. The van der Waals surface area contributed by atoms with Gasteiger partial charge in [-0.2, -0.15) is 0 Å². The van der Waals surface area contributed by atoms with Crippen LogP contribution in [0.2, 0.25) is 0 Å². The van der Waals surface area contributed by atoms with Gasteiger partial charge in [-0.25, -0.2) is 0 Å². The number of nitrogens with one attached hydrogen (secondary N) is 5. The Balaban J connectivity index is 1.56. The molecule has 3 aromatic carbocycles. The molecular weight excluding hydrogens is 1000 g/mol. The molecule has 0 bridgehead atoms. The highest BCUT2D eigenvalue weighted by Gasteiger charge is 2.34. The Bertz CT molecular complexity index is 2070. The average Bonchev–Trinajstić information content (AvgIpc) is 3.44. The van der Waals surface area contributed by atoms with E-state index >= 15 is 0 Å². The Morgan fingerprint density at radius 3 is 1.22 bits per heavy atom. The van der Waals surface area contributed by atoms with Crippen molar-refractivity contribution in [3.05, 3.63) is 106 Å². The number of carbonyl (C=O) groups is 8. The molecule has 0 spiro atoms. The maximum Gasteiger partial charge on any atom is 0.251 e. The quantitative estimate of drug-likeness (QED) is 0.0265. The smallest absolute Gasteiger partial charge is 0.251 e. The topological polar surface area (TPSA) is 224 Å². The van der Waals surface area contributed by atoms with Crippen LogP contribution in [-0.4, -0.2) is 118 Å². The fourth-order valence-corrected chi connectivity index (χ4v) is 8.46. The average molecular weight is 1100 g/mol. The molecule has 16 heteroatoms. The predicted molar refractivity (Wildman–Crippen MR) is 309 cm³/mol. The predicted octanol–water partition coefficient (Wildman–Crippen LogP) is 9.39. The Labute approximate surface area is 470 Å². The molecule has 0 aliphatic rings. The number of carbonyl (C=O) groups excluding carboxylic acids is 8. The Morgan fingerprint density at radius 2 is 0.759 bits per heavy atom. The lowest BCUT2D eigenvalue weighted by molar-refractivity contribution is -0.130. The number of unbranched alkanes of at least 4 members (excludes halogenated alkanes) is 9. The largest absolute Gasteiger partial charge is 0.378 e. The van der Waals surface area contributed by atoms with Crippen molar-refractivity contribution in [1.29, 1.82) is 0 Å². The summed E-state index contributed by atoms with van der Waals surface area (Å²) in [5.74, 6) is -0.594. The number of Topliss-reactive ketones (excluding diaryl/α,β-unsaturated/α-hetero) is 3. The van der Waals surface area contributed by atoms with Crippen molar-refractivity contribution >= 4 is 46.9 Å². The number of amides is 5. The molecule has 3 aromatic rings. The maximum atomic E-state index is 13.8. The summed E-state index contributed by atoms with van der Waals surface area (Å²) in [5, 5.41) is 14.6. The molecule has 0 unspecified atom stereocenters. The van der Waals surface area contributed by atoms with Crippen molar-refractivity contribution in [3.63, 3.8) is 0 Å². The lowest BCUT2D eigenvalue weighted by Gasteiger charge is -2.34. The fraction of sp³-hybridized carbons (Fsp3) is 0.587. The SMILES string of the molecule is Cc1ccc(C(=O)CCCCCC(=O)CCOCC(COCCC(=O)NCCCNC(=O)c2ccc(C)cc2)(COCCC(=O)NCCCNC(=O)c2ccc(C)cc2)NC(=O)CCCCCCCCCCC(=O)C(C)C)cc1. The molecule has 0 saturated carbocycles. The van der Waals surface area contributed by atoms with E-state index in [9.17, 15) is 38.4 Å². The number of ether oxygens (including phenoxy) is 3. The zero-order valence-corrected chi connectivity index (χ0v) is 48.2. The maximum absolute atomic E-state index is 13.8. The van der Waals surface area contributed by atoms with E-state index in [0.717, 1.165) is 68.1 Å². The summed E-state index contributed by atoms with van der Waals surface area (Å²) >= 11 is 0. The zero-order valence-electron chi connectivity index (χ0n) is 48.2. The van der Waals surface area contributed by atoms with Crippen molar-refractivity contribution in [2.75, 3.05) is 65.8 Å². The second-order valence-electron chi connectivity index (χ2n) is 21.2. The van der Waals surface area contributed by atoms with Crippen molar-refractivity contribution in [2.24, 2.45) is 5.92 Å². The van der Waals surface area contributed by atoms with E-state index in [-0.39, 0.29) is 112 Å². The van der Waals surface area contributed by atoms with Gasteiger partial charge >= 0.3 is 0 Å². The molecule has 0 aromatic heterocycles. The second kappa shape index (κ2) is 40.1. The van der Waals surface area contributed by atoms with Gasteiger partial charge in [0.15, 0.2) is 5.78 Å². The third-order valence-electron chi connectivity index (χ3n) is 13.5.